The molecule has 1 aliphatic heterocycles. The fraction of sp³-hybridized carbons (Fsp3) is 0.316. The van der Waals surface area contributed by atoms with Gasteiger partial charge < -0.3 is 14.6 Å². The van der Waals surface area contributed by atoms with E-state index in [4.69, 9.17) is 4.42 Å². The lowest BCUT2D eigenvalue weighted by atomic mass is 9.97. The zero-order valence-corrected chi connectivity index (χ0v) is 14.2. The Kier molecular flexibility index (Phi) is 4.51. The van der Waals surface area contributed by atoms with Crippen LogP contribution in [-0.2, 0) is 0 Å². The van der Waals surface area contributed by atoms with Gasteiger partial charge in [0.05, 0.1) is 11.8 Å². The molecule has 1 aliphatic rings. The summed E-state index contributed by atoms with van der Waals surface area (Å²) in [7, 11) is 0. The number of halogens is 1. The Bertz CT molecular complexity index is 913. The maximum absolute atomic E-state index is 13.7. The Hall–Kier alpha value is -2.96. The average Bonchev–Trinajstić information content (AvgIpc) is 3.21. The van der Waals surface area contributed by atoms with Crippen LogP contribution >= 0.6 is 0 Å². The van der Waals surface area contributed by atoms with E-state index in [-0.39, 0.29) is 11.7 Å². The Morgan fingerprint density at radius 3 is 3.12 bits per heavy atom. The highest BCUT2D eigenvalue weighted by atomic mass is 19.1. The summed E-state index contributed by atoms with van der Waals surface area (Å²) >= 11 is 0. The van der Waals surface area contributed by atoms with Crippen LogP contribution in [0.1, 0.15) is 23.4 Å². The quantitative estimate of drug-likeness (QED) is 0.780. The van der Waals surface area contributed by atoms with Gasteiger partial charge in [0.1, 0.15) is 18.0 Å². The van der Waals surface area contributed by atoms with Crippen molar-refractivity contribution in [3.05, 3.63) is 54.5 Å². The van der Waals surface area contributed by atoms with E-state index in [0.29, 0.717) is 23.6 Å². The van der Waals surface area contributed by atoms with Crippen LogP contribution in [0.4, 0.5) is 10.2 Å². The normalized spacial score (nSPS) is 17.4. The minimum absolute atomic E-state index is 0.207. The molecule has 1 fully saturated rings. The number of nitrogens with zero attached hydrogens (tertiary/aromatic N) is 3. The first kappa shape index (κ1) is 16.5. The zero-order valence-electron chi connectivity index (χ0n) is 14.2. The van der Waals surface area contributed by atoms with Crippen molar-refractivity contribution in [3.8, 4) is 0 Å². The molecule has 7 heteroatoms. The second-order valence-corrected chi connectivity index (χ2v) is 6.50. The number of amides is 1. The Balaban J connectivity index is 1.47. The lowest BCUT2D eigenvalue weighted by Gasteiger charge is -2.34. The minimum atomic E-state index is -0.298. The van der Waals surface area contributed by atoms with E-state index < -0.39 is 0 Å². The maximum atomic E-state index is 13.7. The fourth-order valence-corrected chi connectivity index (χ4v) is 3.42. The Morgan fingerprint density at radius 1 is 1.35 bits per heavy atom. The first-order valence-electron chi connectivity index (χ1n) is 8.67. The van der Waals surface area contributed by atoms with Gasteiger partial charge in [-0.1, -0.05) is 0 Å². The standard InChI is InChI=1S/C19H19FN4O2/c20-14-5-6-16-15(9-14)18(23-12-22-16)24-7-1-3-13(11-24)10-21-19(25)17-4-2-8-26-17/h2,4-6,8-9,12-13H,1,3,7,10-11H2,(H,21,25). The van der Waals surface area contributed by atoms with Crippen LogP contribution in [0.5, 0.6) is 0 Å². The largest absolute Gasteiger partial charge is 0.459 e. The number of hydrogen-bond acceptors (Lipinski definition) is 5. The van der Waals surface area contributed by atoms with Gasteiger partial charge in [-0.3, -0.25) is 4.79 Å². The molecule has 134 valence electrons. The van der Waals surface area contributed by atoms with Crippen molar-refractivity contribution in [2.75, 3.05) is 24.5 Å². The molecule has 1 unspecified atom stereocenters. The van der Waals surface area contributed by atoms with E-state index in [1.807, 2.05) is 0 Å². The Labute approximate surface area is 150 Å². The average molecular weight is 354 g/mol. The summed E-state index contributed by atoms with van der Waals surface area (Å²) in [5, 5.41) is 3.64. The molecule has 0 aliphatic carbocycles. The molecule has 1 N–H and O–H groups in total. The van der Waals surface area contributed by atoms with Crippen LogP contribution in [0.2, 0.25) is 0 Å². The van der Waals surface area contributed by atoms with Gasteiger partial charge in [-0.15, -0.1) is 0 Å². The number of rotatable bonds is 4. The summed E-state index contributed by atoms with van der Waals surface area (Å²) in [5.74, 6) is 0.849. The predicted octanol–water partition coefficient (Wildman–Crippen LogP) is 3.01. The lowest BCUT2D eigenvalue weighted by molar-refractivity contribution is 0.0918. The van der Waals surface area contributed by atoms with E-state index >= 15 is 0 Å². The van der Waals surface area contributed by atoms with Crippen molar-refractivity contribution in [1.82, 2.24) is 15.3 Å². The molecule has 1 atom stereocenters. The van der Waals surface area contributed by atoms with Crippen molar-refractivity contribution < 1.29 is 13.6 Å². The third-order valence-electron chi connectivity index (χ3n) is 4.69. The van der Waals surface area contributed by atoms with Crippen LogP contribution in [0.15, 0.2) is 47.3 Å². The van der Waals surface area contributed by atoms with E-state index in [2.05, 4.69) is 20.2 Å². The summed E-state index contributed by atoms with van der Waals surface area (Å²) in [5.41, 5.74) is 0.727. The van der Waals surface area contributed by atoms with Crippen molar-refractivity contribution in [1.29, 1.82) is 0 Å². The van der Waals surface area contributed by atoms with E-state index in [9.17, 15) is 9.18 Å². The van der Waals surface area contributed by atoms with Crippen molar-refractivity contribution >= 4 is 22.6 Å². The zero-order chi connectivity index (χ0) is 17.9. The van der Waals surface area contributed by atoms with E-state index in [0.717, 1.165) is 37.3 Å². The number of piperidine rings is 1. The van der Waals surface area contributed by atoms with E-state index in [1.165, 1.54) is 24.7 Å². The fourth-order valence-electron chi connectivity index (χ4n) is 3.42. The number of anilines is 1. The molecule has 3 aromatic rings. The summed E-state index contributed by atoms with van der Waals surface area (Å²) < 4.78 is 18.8. The molecular weight excluding hydrogens is 335 g/mol. The number of hydrogen-bond donors (Lipinski definition) is 1. The van der Waals surface area contributed by atoms with Crippen molar-refractivity contribution in [2.45, 2.75) is 12.8 Å². The van der Waals surface area contributed by atoms with Gasteiger partial charge in [0.15, 0.2) is 5.76 Å². The number of fused-ring (bicyclic) bond motifs is 1. The molecule has 6 nitrogen and oxygen atoms in total. The van der Waals surface area contributed by atoms with Gasteiger partial charge in [-0.25, -0.2) is 14.4 Å². The number of aromatic nitrogens is 2. The van der Waals surface area contributed by atoms with Gasteiger partial charge >= 0.3 is 0 Å². The van der Waals surface area contributed by atoms with Gasteiger partial charge in [-0.2, -0.15) is 0 Å². The molecule has 0 saturated carbocycles. The minimum Gasteiger partial charge on any atom is -0.459 e. The predicted molar refractivity (Wildman–Crippen MR) is 95.5 cm³/mol. The summed E-state index contributed by atoms with van der Waals surface area (Å²) in [6, 6.07) is 7.89. The van der Waals surface area contributed by atoms with Gasteiger partial charge in [-0.05, 0) is 49.1 Å². The van der Waals surface area contributed by atoms with Crippen molar-refractivity contribution in [2.24, 2.45) is 5.92 Å². The van der Waals surface area contributed by atoms with Gasteiger partial charge in [0.2, 0.25) is 0 Å². The molecule has 0 radical (unpaired) electrons. The maximum Gasteiger partial charge on any atom is 0.286 e. The topological polar surface area (TPSA) is 71.3 Å². The molecule has 3 heterocycles. The van der Waals surface area contributed by atoms with Gasteiger partial charge in [0, 0.05) is 25.0 Å². The number of benzene rings is 1. The third kappa shape index (κ3) is 3.37. The second kappa shape index (κ2) is 7.11. The summed E-state index contributed by atoms with van der Waals surface area (Å²) in [6.45, 7) is 2.17. The Morgan fingerprint density at radius 2 is 2.27 bits per heavy atom. The smallest absolute Gasteiger partial charge is 0.286 e. The van der Waals surface area contributed by atoms with Crippen LogP contribution in [0.25, 0.3) is 10.9 Å². The SMILES string of the molecule is O=C(NCC1CCCN(c2ncnc3ccc(F)cc23)C1)c1ccco1. The number of carbonyl (C=O) groups excluding carboxylic acids is 1. The van der Waals surface area contributed by atoms with Gasteiger partial charge in [0.25, 0.3) is 5.91 Å². The number of carbonyl (C=O) groups is 1. The lowest BCUT2D eigenvalue weighted by Crippen LogP contribution is -2.41. The third-order valence-corrected chi connectivity index (χ3v) is 4.69. The second-order valence-electron chi connectivity index (χ2n) is 6.50. The molecule has 4 rings (SSSR count). The first-order chi connectivity index (χ1) is 12.7. The molecule has 1 saturated heterocycles. The monoisotopic (exact) mass is 354 g/mol. The highest BCUT2D eigenvalue weighted by molar-refractivity contribution is 5.91. The van der Waals surface area contributed by atoms with Crippen LogP contribution in [0, 0.1) is 11.7 Å². The molecule has 26 heavy (non-hydrogen) atoms. The summed E-state index contributed by atoms with van der Waals surface area (Å²) in [6.07, 6.45) is 5.00. The molecule has 1 amide bonds. The van der Waals surface area contributed by atoms with Crippen molar-refractivity contribution in [3.63, 3.8) is 0 Å². The van der Waals surface area contributed by atoms with Crippen LogP contribution < -0.4 is 10.2 Å². The van der Waals surface area contributed by atoms with E-state index in [1.54, 1.807) is 18.2 Å². The highest BCUT2D eigenvalue weighted by Crippen LogP contribution is 2.27. The number of furan rings is 1. The molecule has 2 aromatic heterocycles. The van der Waals surface area contributed by atoms with Crippen LogP contribution in [0.3, 0.4) is 0 Å². The molecule has 0 spiro atoms. The first-order valence-corrected chi connectivity index (χ1v) is 8.67. The van der Waals surface area contributed by atoms with Crippen LogP contribution in [-0.4, -0.2) is 35.5 Å². The summed E-state index contributed by atoms with van der Waals surface area (Å²) in [4.78, 5) is 22.8. The highest BCUT2D eigenvalue weighted by Gasteiger charge is 2.23. The molecule has 1 aromatic carbocycles. The number of nitrogens with one attached hydrogen (secondary N) is 1. The molecule has 0 bridgehead atoms. The molecular formula is C19H19FN4O2.